The summed E-state index contributed by atoms with van der Waals surface area (Å²) in [6, 6.07) is 5.01. The Bertz CT molecular complexity index is 1460. The van der Waals surface area contributed by atoms with Crippen LogP contribution >= 0.6 is 0 Å². The maximum atomic E-state index is 13.9. The monoisotopic (exact) mass is 463 g/mol. The number of anilines is 2. The van der Waals surface area contributed by atoms with Gasteiger partial charge in [-0.25, -0.2) is 4.68 Å². The zero-order chi connectivity index (χ0) is 27.3. The Morgan fingerprint density at radius 1 is 0.971 bits per heavy atom. The van der Waals surface area contributed by atoms with E-state index in [1.165, 1.54) is 16.7 Å². The van der Waals surface area contributed by atoms with E-state index >= 15 is 0 Å². The molecule has 1 saturated heterocycles. The molecule has 0 saturated carbocycles. The molecule has 2 aromatic carbocycles. The fourth-order valence-electron chi connectivity index (χ4n) is 4.29. The zero-order valence-corrected chi connectivity index (χ0v) is 18.6. The molecule has 9 nitrogen and oxygen atoms in total. The van der Waals surface area contributed by atoms with Crippen LogP contribution in [0.4, 0.5) is 11.4 Å². The number of methoxy groups -OCH3 is 1. The Morgan fingerprint density at radius 3 is 2.26 bits per heavy atom. The third-order valence-corrected chi connectivity index (χ3v) is 6.03. The maximum Gasteiger partial charge on any atom is 0.277 e. The summed E-state index contributed by atoms with van der Waals surface area (Å²) < 4.78 is 41.0. The van der Waals surface area contributed by atoms with Crippen molar-refractivity contribution in [1.29, 1.82) is 0 Å². The molecule has 0 unspecified atom stereocenters. The Morgan fingerprint density at radius 2 is 1.65 bits per heavy atom. The van der Waals surface area contributed by atoms with Gasteiger partial charge in [0.15, 0.2) is 5.69 Å². The molecule has 3 amide bonds. The van der Waals surface area contributed by atoms with Crippen LogP contribution in [0.3, 0.4) is 0 Å². The van der Waals surface area contributed by atoms with Crippen molar-refractivity contribution in [1.82, 2.24) is 9.78 Å². The van der Waals surface area contributed by atoms with Crippen molar-refractivity contribution < 1.29 is 24.6 Å². The van der Waals surface area contributed by atoms with E-state index in [2.05, 4.69) is 5.10 Å². The van der Waals surface area contributed by atoms with Crippen molar-refractivity contribution in [3.63, 3.8) is 0 Å². The average Bonchev–Trinajstić information content (AvgIpc) is 3.31. The highest BCUT2D eigenvalue weighted by molar-refractivity contribution is 6.09. The summed E-state index contributed by atoms with van der Waals surface area (Å²) in [5, 5.41) is 4.30. The van der Waals surface area contributed by atoms with E-state index in [-0.39, 0.29) is 48.1 Å². The zero-order valence-electron chi connectivity index (χ0n) is 22.6. The number of carbonyl (C=O) groups excluding carboxylic acids is 3. The fourth-order valence-corrected chi connectivity index (χ4v) is 4.29. The summed E-state index contributed by atoms with van der Waals surface area (Å²) in [4.78, 5) is 41.0. The molecule has 5 rings (SSSR count). The van der Waals surface area contributed by atoms with Crippen molar-refractivity contribution >= 4 is 29.1 Å². The van der Waals surface area contributed by atoms with Gasteiger partial charge in [-0.05, 0) is 67.7 Å². The van der Waals surface area contributed by atoms with Crippen LogP contribution in [-0.4, -0.2) is 47.7 Å². The molecule has 3 aromatic rings. The lowest BCUT2D eigenvalue weighted by Gasteiger charge is -2.29. The number of piperidine rings is 1. The van der Waals surface area contributed by atoms with E-state index in [1.54, 1.807) is 24.3 Å². The van der Waals surface area contributed by atoms with Crippen molar-refractivity contribution in [2.75, 3.05) is 30.0 Å². The molecule has 0 aliphatic carbocycles. The van der Waals surface area contributed by atoms with Crippen LogP contribution in [0.15, 0.2) is 48.4 Å². The van der Waals surface area contributed by atoms with Crippen molar-refractivity contribution in [2.45, 2.75) is 25.7 Å². The molecule has 2 aliphatic heterocycles. The first kappa shape index (κ1) is 17.4. The van der Waals surface area contributed by atoms with E-state index in [4.69, 9.17) is 16.0 Å². The molecule has 1 fully saturated rings. The lowest BCUT2D eigenvalue weighted by Crippen LogP contribution is -2.39. The summed E-state index contributed by atoms with van der Waals surface area (Å²) >= 11 is 0. The Kier molecular flexibility index (Phi) is 4.42. The number of benzene rings is 2. The van der Waals surface area contributed by atoms with Crippen LogP contribution in [0.1, 0.15) is 51.3 Å². The first-order valence-electron chi connectivity index (χ1n) is 12.9. The number of amides is 3. The van der Waals surface area contributed by atoms with Gasteiger partial charge in [-0.15, -0.1) is 0 Å². The number of rotatable bonds is 5. The predicted octanol–water partition coefficient (Wildman–Crippen LogP) is 2.70. The van der Waals surface area contributed by atoms with Gasteiger partial charge in [0.2, 0.25) is 5.91 Å². The van der Waals surface area contributed by atoms with Gasteiger partial charge in [0.05, 0.1) is 18.3 Å². The smallest absolute Gasteiger partial charge is 0.277 e. The minimum Gasteiger partial charge on any atom is -0.497 e. The second-order valence-electron chi connectivity index (χ2n) is 8.06. The summed E-state index contributed by atoms with van der Waals surface area (Å²) in [5.41, 5.74) is 6.06. The molecule has 0 spiro atoms. The first-order chi connectivity index (χ1) is 18.1. The molecular weight excluding hydrogens is 434 g/mol. The molecule has 0 bridgehead atoms. The molecule has 2 N–H and O–H groups in total. The predicted molar refractivity (Wildman–Crippen MR) is 127 cm³/mol. The number of hydrogen-bond acceptors (Lipinski definition) is 5. The maximum absolute atomic E-state index is 13.9. The van der Waals surface area contributed by atoms with Crippen LogP contribution in [0.25, 0.3) is 5.69 Å². The van der Waals surface area contributed by atoms with E-state index in [0.29, 0.717) is 36.4 Å². The summed E-state index contributed by atoms with van der Waals surface area (Å²) in [5.74, 6) is -1.13. The summed E-state index contributed by atoms with van der Waals surface area (Å²) in [7, 11) is 1.52. The Balaban J connectivity index is 1.63. The second kappa shape index (κ2) is 8.66. The average molecular weight is 464 g/mol. The van der Waals surface area contributed by atoms with Gasteiger partial charge in [-0.2, -0.15) is 5.10 Å². The molecular formula is C25H25N5O4. The topological polar surface area (TPSA) is 111 Å². The first-order valence-corrected chi connectivity index (χ1v) is 10.9. The fraction of sp³-hybridized carbons (Fsp3) is 0.280. The van der Waals surface area contributed by atoms with Gasteiger partial charge >= 0.3 is 0 Å². The van der Waals surface area contributed by atoms with E-state index in [1.807, 2.05) is 0 Å². The van der Waals surface area contributed by atoms with E-state index < -0.39 is 36.0 Å². The molecule has 9 heteroatoms. The Labute approximate surface area is 202 Å². The largest absolute Gasteiger partial charge is 0.497 e. The van der Waals surface area contributed by atoms with Gasteiger partial charge < -0.3 is 20.3 Å². The van der Waals surface area contributed by atoms with Gasteiger partial charge in [0.1, 0.15) is 11.4 Å². The van der Waals surface area contributed by atoms with E-state index in [0.717, 1.165) is 4.90 Å². The third-order valence-electron chi connectivity index (χ3n) is 6.03. The highest BCUT2D eigenvalue weighted by Gasteiger charge is 2.34. The minimum atomic E-state index is -0.797. The number of primary amides is 1. The van der Waals surface area contributed by atoms with Crippen LogP contribution in [-0.2, 0) is 11.2 Å². The number of nitrogens with zero attached hydrogens (tertiary/aromatic N) is 4. The normalized spacial score (nSPS) is 17.6. The Hall–Kier alpha value is -4.14. The molecule has 0 atom stereocenters. The molecule has 174 valence electrons. The highest BCUT2D eigenvalue weighted by Crippen LogP contribution is 2.31. The lowest BCUT2D eigenvalue weighted by molar-refractivity contribution is -0.119. The molecule has 0 radical (unpaired) electrons. The third kappa shape index (κ3) is 3.68. The number of fused-ring (bicyclic) bond motifs is 1. The molecule has 34 heavy (non-hydrogen) atoms. The van der Waals surface area contributed by atoms with Gasteiger partial charge in [0.25, 0.3) is 11.8 Å². The van der Waals surface area contributed by atoms with Gasteiger partial charge in [0, 0.05) is 36.4 Å². The number of carbonyl (C=O) groups is 3. The SMILES string of the molecule is [2H]c1c([2H])c(N2CCc3c(C(N)=O)nn(-c4ccc(OC)cc4)c3C2=O)c([2H])c([2H])c1N1CCCCC1=O. The second-order valence-corrected chi connectivity index (χ2v) is 8.06. The van der Waals surface area contributed by atoms with Crippen LogP contribution in [0, 0.1) is 0 Å². The van der Waals surface area contributed by atoms with Crippen LogP contribution in [0.2, 0.25) is 0 Å². The van der Waals surface area contributed by atoms with Crippen molar-refractivity contribution in [3.05, 3.63) is 65.4 Å². The number of ether oxygens (including phenoxy) is 1. The number of aromatic nitrogens is 2. The van der Waals surface area contributed by atoms with Gasteiger partial charge in [-0.3, -0.25) is 14.4 Å². The molecule has 2 aliphatic rings. The highest BCUT2D eigenvalue weighted by atomic mass is 16.5. The lowest BCUT2D eigenvalue weighted by atomic mass is 10.0. The van der Waals surface area contributed by atoms with E-state index in [9.17, 15) is 14.4 Å². The molecule has 3 heterocycles. The number of nitrogens with two attached hydrogens (primary N) is 1. The quantitative estimate of drug-likeness (QED) is 0.625. The van der Waals surface area contributed by atoms with Crippen LogP contribution < -0.4 is 20.3 Å². The number of hydrogen-bond donors (Lipinski definition) is 1. The standard InChI is InChI=1S/C25H25N5O4/c1-34-19-11-9-18(10-12-19)30-23-20(22(27-30)24(26)32)13-15-29(25(23)33)17-7-5-16(6-8-17)28-14-3-2-4-21(28)31/h5-12H,2-4,13-15H2,1H3,(H2,26,32)/i5D,6D,7D,8D. The van der Waals surface area contributed by atoms with Crippen molar-refractivity contribution in [3.8, 4) is 11.4 Å². The summed E-state index contributed by atoms with van der Waals surface area (Å²) in [6.45, 7) is 0.289. The molecule has 1 aromatic heterocycles. The van der Waals surface area contributed by atoms with Gasteiger partial charge in [-0.1, -0.05) is 0 Å². The summed E-state index contributed by atoms with van der Waals surface area (Å²) in [6.07, 6.45) is 1.82. The van der Waals surface area contributed by atoms with Crippen LogP contribution in [0.5, 0.6) is 5.75 Å². The van der Waals surface area contributed by atoms with Crippen molar-refractivity contribution in [2.24, 2.45) is 5.73 Å². The minimum absolute atomic E-state index is 0.0148.